The van der Waals surface area contributed by atoms with Crippen molar-refractivity contribution in [3.05, 3.63) is 29.8 Å². The van der Waals surface area contributed by atoms with Crippen LogP contribution in [0.15, 0.2) is 24.3 Å². The minimum absolute atomic E-state index is 0.273. The van der Waals surface area contributed by atoms with Crippen LogP contribution in [0.4, 0.5) is 0 Å². The fourth-order valence-electron chi connectivity index (χ4n) is 2.07. The fourth-order valence-corrected chi connectivity index (χ4v) is 2.07. The average Bonchev–Trinajstić information content (AvgIpc) is 2.42. The van der Waals surface area contributed by atoms with Gasteiger partial charge >= 0.3 is 0 Å². The molecule has 0 bridgehead atoms. The molecule has 0 saturated carbocycles. The SMILES string of the molecule is CCC(CO)CN(C)CCc1ccccc1OC. The Hall–Kier alpha value is -1.06. The molecule has 1 aromatic carbocycles. The maximum atomic E-state index is 9.20. The van der Waals surface area contributed by atoms with Crippen molar-refractivity contribution in [2.45, 2.75) is 19.8 Å². The number of rotatable bonds is 8. The van der Waals surface area contributed by atoms with Crippen LogP contribution < -0.4 is 4.74 Å². The lowest BCUT2D eigenvalue weighted by molar-refractivity contribution is 0.177. The summed E-state index contributed by atoms with van der Waals surface area (Å²) in [5, 5.41) is 9.20. The maximum Gasteiger partial charge on any atom is 0.122 e. The van der Waals surface area contributed by atoms with Gasteiger partial charge in [-0.3, -0.25) is 0 Å². The van der Waals surface area contributed by atoms with Gasteiger partial charge in [-0.1, -0.05) is 25.1 Å². The predicted octanol–water partition coefficient (Wildman–Crippen LogP) is 2.19. The molecule has 0 spiro atoms. The molecule has 0 radical (unpaired) electrons. The van der Waals surface area contributed by atoms with Gasteiger partial charge in [0.2, 0.25) is 0 Å². The molecular formula is C15H25NO2. The van der Waals surface area contributed by atoms with Crippen LogP contribution in [0.5, 0.6) is 5.75 Å². The molecular weight excluding hydrogens is 226 g/mol. The Balaban J connectivity index is 2.44. The molecule has 0 fully saturated rings. The summed E-state index contributed by atoms with van der Waals surface area (Å²) in [6.07, 6.45) is 2.00. The maximum absolute atomic E-state index is 9.20. The van der Waals surface area contributed by atoms with Gasteiger partial charge in [0.05, 0.1) is 7.11 Å². The molecule has 0 aliphatic heterocycles. The Morgan fingerprint density at radius 2 is 2.06 bits per heavy atom. The van der Waals surface area contributed by atoms with Crippen LogP contribution in [0.3, 0.4) is 0 Å². The summed E-state index contributed by atoms with van der Waals surface area (Å²) in [5.74, 6) is 1.34. The zero-order valence-electron chi connectivity index (χ0n) is 11.7. The van der Waals surface area contributed by atoms with Crippen LogP contribution in [0.1, 0.15) is 18.9 Å². The van der Waals surface area contributed by atoms with Crippen molar-refractivity contribution < 1.29 is 9.84 Å². The van der Waals surface area contributed by atoms with Crippen molar-refractivity contribution in [1.29, 1.82) is 0 Å². The molecule has 1 atom stereocenters. The summed E-state index contributed by atoms with van der Waals surface area (Å²) in [6, 6.07) is 8.14. The van der Waals surface area contributed by atoms with E-state index >= 15 is 0 Å². The lowest BCUT2D eigenvalue weighted by atomic mass is 10.1. The smallest absolute Gasteiger partial charge is 0.122 e. The zero-order chi connectivity index (χ0) is 13.4. The number of likely N-dealkylation sites (N-methyl/N-ethyl adjacent to an activating group) is 1. The van der Waals surface area contributed by atoms with Crippen molar-refractivity contribution in [3.8, 4) is 5.75 Å². The van der Waals surface area contributed by atoms with Gasteiger partial charge in [0, 0.05) is 19.7 Å². The van der Waals surface area contributed by atoms with E-state index in [2.05, 4.69) is 24.9 Å². The van der Waals surface area contributed by atoms with E-state index in [0.29, 0.717) is 5.92 Å². The topological polar surface area (TPSA) is 32.7 Å². The summed E-state index contributed by atoms with van der Waals surface area (Å²) >= 11 is 0. The molecule has 0 aliphatic rings. The second-order valence-electron chi connectivity index (χ2n) is 4.78. The summed E-state index contributed by atoms with van der Waals surface area (Å²) in [5.41, 5.74) is 1.24. The number of methoxy groups -OCH3 is 1. The van der Waals surface area contributed by atoms with E-state index < -0.39 is 0 Å². The van der Waals surface area contributed by atoms with Gasteiger partial charge in [-0.15, -0.1) is 0 Å². The number of ether oxygens (including phenoxy) is 1. The molecule has 0 aromatic heterocycles. The van der Waals surface area contributed by atoms with Crippen molar-refractivity contribution in [2.75, 3.05) is 33.9 Å². The predicted molar refractivity (Wildman–Crippen MR) is 75.1 cm³/mol. The number of aliphatic hydroxyl groups excluding tert-OH is 1. The Labute approximate surface area is 110 Å². The number of hydrogen-bond acceptors (Lipinski definition) is 3. The van der Waals surface area contributed by atoms with Crippen LogP contribution in [-0.4, -0.2) is 43.9 Å². The van der Waals surface area contributed by atoms with E-state index in [9.17, 15) is 5.11 Å². The van der Waals surface area contributed by atoms with E-state index in [-0.39, 0.29) is 6.61 Å². The van der Waals surface area contributed by atoms with Crippen LogP contribution in [0.25, 0.3) is 0 Å². The molecule has 18 heavy (non-hydrogen) atoms. The van der Waals surface area contributed by atoms with Crippen molar-refractivity contribution in [1.82, 2.24) is 4.90 Å². The van der Waals surface area contributed by atoms with E-state index in [1.807, 2.05) is 18.2 Å². The zero-order valence-corrected chi connectivity index (χ0v) is 11.7. The molecule has 1 rings (SSSR count). The van der Waals surface area contributed by atoms with Gasteiger partial charge in [0.25, 0.3) is 0 Å². The van der Waals surface area contributed by atoms with E-state index in [0.717, 1.165) is 31.7 Å². The van der Waals surface area contributed by atoms with E-state index in [1.54, 1.807) is 7.11 Å². The largest absolute Gasteiger partial charge is 0.496 e. The fraction of sp³-hybridized carbons (Fsp3) is 0.600. The highest BCUT2D eigenvalue weighted by atomic mass is 16.5. The lowest BCUT2D eigenvalue weighted by Crippen LogP contribution is -2.29. The van der Waals surface area contributed by atoms with Crippen molar-refractivity contribution in [2.24, 2.45) is 5.92 Å². The normalized spacial score (nSPS) is 12.7. The second kappa shape index (κ2) is 8.11. The highest BCUT2D eigenvalue weighted by Crippen LogP contribution is 2.18. The Bertz CT molecular complexity index is 337. The first kappa shape index (κ1) is 15.0. The molecule has 102 valence electrons. The van der Waals surface area contributed by atoms with Gasteiger partial charge in [-0.25, -0.2) is 0 Å². The van der Waals surface area contributed by atoms with E-state index in [1.165, 1.54) is 5.56 Å². The van der Waals surface area contributed by atoms with Gasteiger partial charge < -0.3 is 14.7 Å². The molecule has 0 amide bonds. The minimum Gasteiger partial charge on any atom is -0.496 e. The number of para-hydroxylation sites is 1. The van der Waals surface area contributed by atoms with Crippen molar-refractivity contribution in [3.63, 3.8) is 0 Å². The molecule has 1 unspecified atom stereocenters. The first-order chi connectivity index (χ1) is 8.71. The molecule has 1 N–H and O–H groups in total. The third-order valence-electron chi connectivity index (χ3n) is 3.36. The Morgan fingerprint density at radius 1 is 1.33 bits per heavy atom. The molecule has 0 saturated heterocycles. The number of nitrogens with zero attached hydrogens (tertiary/aromatic N) is 1. The number of hydrogen-bond donors (Lipinski definition) is 1. The second-order valence-corrected chi connectivity index (χ2v) is 4.78. The standard InChI is InChI=1S/C15H25NO2/c1-4-13(12-17)11-16(2)10-9-14-7-5-6-8-15(14)18-3/h5-8,13,17H,4,9-12H2,1-3H3. The van der Waals surface area contributed by atoms with Crippen LogP contribution >= 0.6 is 0 Å². The number of aliphatic hydroxyl groups is 1. The summed E-state index contributed by atoms with van der Waals surface area (Å²) in [4.78, 5) is 2.27. The summed E-state index contributed by atoms with van der Waals surface area (Å²) < 4.78 is 5.34. The average molecular weight is 251 g/mol. The highest BCUT2D eigenvalue weighted by Gasteiger charge is 2.09. The van der Waals surface area contributed by atoms with Crippen molar-refractivity contribution >= 4 is 0 Å². The van der Waals surface area contributed by atoms with Gasteiger partial charge in [0.15, 0.2) is 0 Å². The molecule has 3 heteroatoms. The lowest BCUT2D eigenvalue weighted by Gasteiger charge is -2.22. The third-order valence-corrected chi connectivity index (χ3v) is 3.36. The molecule has 0 heterocycles. The van der Waals surface area contributed by atoms with Gasteiger partial charge in [-0.05, 0) is 37.4 Å². The third kappa shape index (κ3) is 4.67. The Kier molecular flexibility index (Phi) is 6.76. The first-order valence-corrected chi connectivity index (χ1v) is 6.62. The minimum atomic E-state index is 0.273. The quantitative estimate of drug-likeness (QED) is 0.769. The number of benzene rings is 1. The van der Waals surface area contributed by atoms with Crippen LogP contribution in [0, 0.1) is 5.92 Å². The van der Waals surface area contributed by atoms with Crippen LogP contribution in [-0.2, 0) is 6.42 Å². The van der Waals surface area contributed by atoms with Gasteiger partial charge in [-0.2, -0.15) is 0 Å². The van der Waals surface area contributed by atoms with Gasteiger partial charge in [0.1, 0.15) is 5.75 Å². The highest BCUT2D eigenvalue weighted by molar-refractivity contribution is 5.33. The Morgan fingerprint density at radius 3 is 2.67 bits per heavy atom. The first-order valence-electron chi connectivity index (χ1n) is 6.62. The molecule has 1 aromatic rings. The molecule has 0 aliphatic carbocycles. The summed E-state index contributed by atoms with van der Waals surface area (Å²) in [6.45, 7) is 4.32. The van der Waals surface area contributed by atoms with Crippen LogP contribution in [0.2, 0.25) is 0 Å². The summed E-state index contributed by atoms with van der Waals surface area (Å²) in [7, 11) is 3.81. The van der Waals surface area contributed by atoms with E-state index in [4.69, 9.17) is 4.74 Å². The monoisotopic (exact) mass is 251 g/mol. The molecule has 3 nitrogen and oxygen atoms in total.